The quantitative estimate of drug-likeness (QED) is 0.631. The number of benzene rings is 1. The molecule has 2 fully saturated rings. The van der Waals surface area contributed by atoms with Crippen LogP contribution < -0.4 is 0 Å². The lowest BCUT2D eigenvalue weighted by Gasteiger charge is -2.39. The van der Waals surface area contributed by atoms with E-state index < -0.39 is 26.0 Å². The van der Waals surface area contributed by atoms with E-state index in [0.717, 1.165) is 6.26 Å². The topological polar surface area (TPSA) is 98.3 Å². The van der Waals surface area contributed by atoms with Gasteiger partial charge in [-0.2, -0.15) is 21.3 Å². The molecule has 1 aromatic rings. The van der Waals surface area contributed by atoms with Crippen LogP contribution in [0.25, 0.3) is 0 Å². The van der Waals surface area contributed by atoms with Crippen LogP contribution in [0.2, 0.25) is 0 Å². The zero-order valence-corrected chi connectivity index (χ0v) is 17.1. The Bertz CT molecular complexity index is 920. The minimum absolute atomic E-state index is 0.101. The summed E-state index contributed by atoms with van der Waals surface area (Å²) < 4.78 is 65.6. The van der Waals surface area contributed by atoms with Gasteiger partial charge in [0.1, 0.15) is 5.82 Å². The molecule has 0 bridgehead atoms. The molecule has 9 nitrogen and oxygen atoms in total. The van der Waals surface area contributed by atoms with Crippen molar-refractivity contribution in [3.8, 4) is 0 Å². The first-order chi connectivity index (χ1) is 13.1. The minimum Gasteiger partial charge on any atom is -0.336 e. The first-order valence-corrected chi connectivity index (χ1v) is 12.1. The van der Waals surface area contributed by atoms with Gasteiger partial charge in [0.05, 0.1) is 6.26 Å². The third-order valence-electron chi connectivity index (χ3n) is 4.94. The lowest BCUT2D eigenvalue weighted by molar-refractivity contribution is 0.0693. The second-order valence-corrected chi connectivity index (χ2v) is 10.7. The average Bonchev–Trinajstić information content (AvgIpc) is 2.67. The molecule has 0 atom stereocenters. The number of hydrogen-bond donors (Lipinski definition) is 0. The maximum atomic E-state index is 13.0. The number of carbonyl (C=O) groups excluding carboxylic acids is 1. The van der Waals surface area contributed by atoms with Gasteiger partial charge in [0, 0.05) is 57.9 Å². The number of nitrogens with zero attached hydrogens (tertiary/aromatic N) is 4. The molecule has 0 radical (unpaired) electrons. The fourth-order valence-electron chi connectivity index (χ4n) is 3.29. The highest BCUT2D eigenvalue weighted by Gasteiger charge is 2.36. The van der Waals surface area contributed by atoms with E-state index in [1.165, 1.54) is 37.2 Å². The number of piperazine rings is 2. The van der Waals surface area contributed by atoms with Crippen LogP contribution in [0, 0.1) is 5.82 Å². The molecule has 1 aromatic carbocycles. The number of amides is 1. The van der Waals surface area contributed by atoms with Gasteiger partial charge in [-0.3, -0.25) is 4.79 Å². The molecule has 0 aliphatic carbocycles. The number of halogens is 1. The van der Waals surface area contributed by atoms with Crippen LogP contribution in [0.3, 0.4) is 0 Å². The highest BCUT2D eigenvalue weighted by Crippen LogP contribution is 2.17. The lowest BCUT2D eigenvalue weighted by Crippen LogP contribution is -2.57. The van der Waals surface area contributed by atoms with Gasteiger partial charge >= 0.3 is 0 Å². The van der Waals surface area contributed by atoms with E-state index in [4.69, 9.17) is 0 Å². The Morgan fingerprint density at radius 3 is 1.68 bits per heavy atom. The number of sulfonamides is 1. The summed E-state index contributed by atoms with van der Waals surface area (Å²) in [5.74, 6) is -0.692. The van der Waals surface area contributed by atoms with E-state index in [1.807, 2.05) is 0 Å². The fourth-order valence-corrected chi connectivity index (χ4v) is 5.70. The minimum atomic E-state index is -3.72. The summed E-state index contributed by atoms with van der Waals surface area (Å²) in [5.41, 5.74) is 0.356. The Kier molecular flexibility index (Phi) is 6.05. The van der Waals surface area contributed by atoms with Crippen LogP contribution in [0.15, 0.2) is 24.3 Å². The highest BCUT2D eigenvalue weighted by atomic mass is 32.2. The maximum absolute atomic E-state index is 13.0. The molecule has 156 valence electrons. The van der Waals surface area contributed by atoms with Crippen molar-refractivity contribution in [2.75, 3.05) is 58.6 Å². The van der Waals surface area contributed by atoms with Crippen LogP contribution in [-0.2, 0) is 20.2 Å². The van der Waals surface area contributed by atoms with Gasteiger partial charge in [0.15, 0.2) is 0 Å². The van der Waals surface area contributed by atoms with Gasteiger partial charge in [0.25, 0.3) is 16.1 Å². The summed E-state index contributed by atoms with van der Waals surface area (Å²) in [6.45, 7) is 1.23. The molecule has 12 heteroatoms. The van der Waals surface area contributed by atoms with Gasteiger partial charge in [0.2, 0.25) is 10.0 Å². The van der Waals surface area contributed by atoms with E-state index in [9.17, 15) is 26.0 Å². The van der Waals surface area contributed by atoms with E-state index in [-0.39, 0.29) is 58.3 Å². The van der Waals surface area contributed by atoms with E-state index in [1.54, 1.807) is 4.90 Å². The predicted octanol–water partition coefficient (Wildman–Crippen LogP) is -0.594. The van der Waals surface area contributed by atoms with Crippen molar-refractivity contribution in [2.24, 2.45) is 0 Å². The largest absolute Gasteiger partial charge is 0.336 e. The van der Waals surface area contributed by atoms with Crippen molar-refractivity contribution in [3.63, 3.8) is 0 Å². The summed E-state index contributed by atoms with van der Waals surface area (Å²) in [6, 6.07) is 5.23. The van der Waals surface area contributed by atoms with Crippen molar-refractivity contribution in [1.82, 2.24) is 17.8 Å². The molecular formula is C16H23FN4O5S2. The summed E-state index contributed by atoms with van der Waals surface area (Å²) in [7, 11) is -7.05. The molecule has 0 spiro atoms. The molecule has 2 saturated heterocycles. The van der Waals surface area contributed by atoms with Gasteiger partial charge in [-0.05, 0) is 24.3 Å². The van der Waals surface area contributed by atoms with Gasteiger partial charge in [-0.15, -0.1) is 0 Å². The Morgan fingerprint density at radius 1 is 0.786 bits per heavy atom. The Balaban J connectivity index is 1.58. The van der Waals surface area contributed by atoms with Crippen molar-refractivity contribution < 1.29 is 26.0 Å². The van der Waals surface area contributed by atoms with Crippen LogP contribution >= 0.6 is 0 Å². The Morgan fingerprint density at radius 2 is 1.21 bits per heavy atom. The molecule has 3 rings (SSSR count). The first-order valence-electron chi connectivity index (χ1n) is 8.84. The molecule has 0 N–H and O–H groups in total. The maximum Gasteiger partial charge on any atom is 0.282 e. The average molecular weight is 435 g/mol. The van der Waals surface area contributed by atoms with Gasteiger partial charge in [-0.1, -0.05) is 0 Å². The monoisotopic (exact) mass is 434 g/mol. The normalized spacial score (nSPS) is 21.0. The third kappa shape index (κ3) is 4.51. The first kappa shape index (κ1) is 21.1. The van der Waals surface area contributed by atoms with Crippen LogP contribution in [0.5, 0.6) is 0 Å². The molecule has 2 aliphatic heterocycles. The number of hydrogen-bond acceptors (Lipinski definition) is 5. The molecule has 2 heterocycles. The van der Waals surface area contributed by atoms with E-state index >= 15 is 0 Å². The summed E-state index contributed by atoms with van der Waals surface area (Å²) >= 11 is 0. The Labute approximate surface area is 164 Å². The van der Waals surface area contributed by atoms with E-state index in [2.05, 4.69) is 0 Å². The van der Waals surface area contributed by atoms with Crippen LogP contribution in [0.4, 0.5) is 4.39 Å². The second kappa shape index (κ2) is 8.03. The molecule has 0 aromatic heterocycles. The zero-order chi connectivity index (χ0) is 20.5. The summed E-state index contributed by atoms with van der Waals surface area (Å²) in [5, 5.41) is 0. The van der Waals surface area contributed by atoms with Crippen molar-refractivity contribution in [1.29, 1.82) is 0 Å². The van der Waals surface area contributed by atoms with Crippen molar-refractivity contribution in [3.05, 3.63) is 35.6 Å². The number of rotatable bonds is 4. The SMILES string of the molecule is CS(=O)(=O)N1CCN(S(=O)(=O)N2CCN(C(=O)c3ccc(F)cc3)CC2)CC1. The molecule has 1 amide bonds. The van der Waals surface area contributed by atoms with Gasteiger partial charge in [-0.25, -0.2) is 12.8 Å². The van der Waals surface area contributed by atoms with Crippen LogP contribution in [0.1, 0.15) is 10.4 Å². The molecular weight excluding hydrogens is 411 g/mol. The molecule has 0 unspecified atom stereocenters. The number of carbonyl (C=O) groups is 1. The molecule has 0 saturated carbocycles. The fraction of sp³-hybridized carbons (Fsp3) is 0.562. The molecule has 2 aliphatic rings. The zero-order valence-electron chi connectivity index (χ0n) is 15.5. The lowest BCUT2D eigenvalue weighted by atomic mass is 10.2. The third-order valence-corrected chi connectivity index (χ3v) is 8.27. The Hall–Kier alpha value is -1.60. The predicted molar refractivity (Wildman–Crippen MR) is 101 cm³/mol. The standard InChI is InChI=1S/C16H23FN4O5S2/c1-27(23,24)19-10-12-21(13-11-19)28(25,26)20-8-6-18(7-9-20)16(22)14-2-4-15(17)5-3-14/h2-5H,6-13H2,1H3. The summed E-state index contributed by atoms with van der Waals surface area (Å²) in [6.07, 6.45) is 1.11. The van der Waals surface area contributed by atoms with Crippen LogP contribution in [-0.4, -0.2) is 99.2 Å². The highest BCUT2D eigenvalue weighted by molar-refractivity contribution is 7.88. The summed E-state index contributed by atoms with van der Waals surface area (Å²) in [4.78, 5) is 14.0. The van der Waals surface area contributed by atoms with E-state index in [0.29, 0.717) is 5.56 Å². The second-order valence-electron chi connectivity index (χ2n) is 6.77. The van der Waals surface area contributed by atoms with Crippen molar-refractivity contribution >= 4 is 26.1 Å². The van der Waals surface area contributed by atoms with Gasteiger partial charge < -0.3 is 4.90 Å². The smallest absolute Gasteiger partial charge is 0.282 e. The molecule has 28 heavy (non-hydrogen) atoms. The van der Waals surface area contributed by atoms with Crippen molar-refractivity contribution in [2.45, 2.75) is 0 Å².